The van der Waals surface area contributed by atoms with E-state index >= 15 is 0 Å². The fourth-order valence-electron chi connectivity index (χ4n) is 1.81. The fourth-order valence-corrected chi connectivity index (χ4v) is 1.94. The van der Waals surface area contributed by atoms with Crippen LogP contribution < -0.4 is 5.73 Å². The normalized spacial score (nSPS) is 11.9. The Morgan fingerprint density at radius 1 is 1.10 bits per heavy atom. The molecule has 2 aromatic carbocycles. The lowest BCUT2D eigenvalue weighted by Gasteiger charge is -2.12. The van der Waals surface area contributed by atoms with Crippen molar-refractivity contribution >= 4 is 17.6 Å². The lowest BCUT2D eigenvalue weighted by molar-refractivity contribution is -0.146. The first-order chi connectivity index (χ1) is 10.0. The number of esters is 1. The molecule has 110 valence electrons. The average molecular weight is 306 g/mol. The number of rotatable bonds is 5. The van der Waals surface area contributed by atoms with Gasteiger partial charge in [-0.2, -0.15) is 0 Å². The molecule has 4 nitrogen and oxygen atoms in total. The number of carbonyl (C=O) groups is 1. The van der Waals surface area contributed by atoms with Gasteiger partial charge in [-0.1, -0.05) is 35.9 Å². The van der Waals surface area contributed by atoms with E-state index < -0.39 is 12.0 Å². The van der Waals surface area contributed by atoms with Crippen molar-refractivity contribution in [3.8, 4) is 5.75 Å². The standard InChI is InChI=1S/C16H16ClNO3/c17-13-5-1-12(2-6-13)10-21-16(20)15(18)9-11-3-7-14(19)8-4-11/h1-8,15,19H,9-10,18H2/t15-/m1/s1. The van der Waals surface area contributed by atoms with E-state index in [-0.39, 0.29) is 12.4 Å². The zero-order valence-corrected chi connectivity index (χ0v) is 12.1. The van der Waals surface area contributed by atoms with E-state index in [2.05, 4.69) is 0 Å². The molecule has 0 spiro atoms. The SMILES string of the molecule is N[C@H](Cc1ccc(O)cc1)C(=O)OCc1ccc(Cl)cc1. The van der Waals surface area contributed by atoms with Crippen LogP contribution in [0.4, 0.5) is 0 Å². The van der Waals surface area contributed by atoms with E-state index in [0.717, 1.165) is 11.1 Å². The first-order valence-electron chi connectivity index (χ1n) is 6.49. The highest BCUT2D eigenvalue weighted by Gasteiger charge is 2.15. The minimum Gasteiger partial charge on any atom is -0.508 e. The second-order valence-corrected chi connectivity index (χ2v) is 5.15. The van der Waals surface area contributed by atoms with Gasteiger partial charge >= 0.3 is 5.97 Å². The summed E-state index contributed by atoms with van der Waals surface area (Å²) < 4.78 is 5.17. The molecular weight excluding hydrogens is 290 g/mol. The number of benzene rings is 2. The van der Waals surface area contributed by atoms with Crippen LogP contribution in [-0.4, -0.2) is 17.1 Å². The van der Waals surface area contributed by atoms with Crippen molar-refractivity contribution in [3.05, 3.63) is 64.7 Å². The maximum absolute atomic E-state index is 11.8. The molecule has 0 saturated carbocycles. The van der Waals surface area contributed by atoms with Crippen LogP contribution in [0.2, 0.25) is 5.02 Å². The van der Waals surface area contributed by atoms with E-state index in [4.69, 9.17) is 22.1 Å². The third-order valence-corrected chi connectivity index (χ3v) is 3.24. The molecule has 0 aromatic heterocycles. The zero-order chi connectivity index (χ0) is 15.2. The highest BCUT2D eigenvalue weighted by atomic mass is 35.5. The Kier molecular flexibility index (Phi) is 5.20. The van der Waals surface area contributed by atoms with Crippen LogP contribution in [-0.2, 0) is 22.6 Å². The molecule has 0 aliphatic carbocycles. The highest BCUT2D eigenvalue weighted by Crippen LogP contribution is 2.12. The number of hydrogen-bond donors (Lipinski definition) is 2. The molecule has 0 aliphatic heterocycles. The summed E-state index contributed by atoms with van der Waals surface area (Å²) >= 11 is 5.78. The van der Waals surface area contributed by atoms with E-state index in [0.29, 0.717) is 11.4 Å². The maximum atomic E-state index is 11.8. The Labute approximate surface area is 128 Å². The van der Waals surface area contributed by atoms with Crippen LogP contribution >= 0.6 is 11.6 Å². The van der Waals surface area contributed by atoms with Gasteiger partial charge in [0.15, 0.2) is 0 Å². The molecule has 2 rings (SSSR count). The van der Waals surface area contributed by atoms with Crippen molar-refractivity contribution in [1.82, 2.24) is 0 Å². The van der Waals surface area contributed by atoms with Crippen LogP contribution in [0.15, 0.2) is 48.5 Å². The molecule has 0 amide bonds. The Morgan fingerprint density at radius 2 is 1.67 bits per heavy atom. The summed E-state index contributed by atoms with van der Waals surface area (Å²) in [5.41, 5.74) is 7.53. The van der Waals surface area contributed by atoms with Crippen molar-refractivity contribution in [2.24, 2.45) is 5.73 Å². The van der Waals surface area contributed by atoms with Gasteiger partial charge in [-0.25, -0.2) is 0 Å². The zero-order valence-electron chi connectivity index (χ0n) is 11.3. The fraction of sp³-hybridized carbons (Fsp3) is 0.188. The minimum absolute atomic E-state index is 0.166. The molecule has 0 bridgehead atoms. The van der Waals surface area contributed by atoms with Crippen LogP contribution in [0.3, 0.4) is 0 Å². The Bertz CT molecular complexity index is 596. The summed E-state index contributed by atoms with van der Waals surface area (Å²) in [6, 6.07) is 12.9. The second-order valence-electron chi connectivity index (χ2n) is 4.71. The monoisotopic (exact) mass is 305 g/mol. The predicted octanol–water partition coefficient (Wildman–Crippen LogP) is 2.66. The van der Waals surface area contributed by atoms with Gasteiger partial charge in [0.1, 0.15) is 18.4 Å². The van der Waals surface area contributed by atoms with Crippen LogP contribution in [0, 0.1) is 0 Å². The number of hydrogen-bond acceptors (Lipinski definition) is 4. The second kappa shape index (κ2) is 7.11. The highest BCUT2D eigenvalue weighted by molar-refractivity contribution is 6.30. The van der Waals surface area contributed by atoms with Crippen molar-refractivity contribution in [2.75, 3.05) is 0 Å². The van der Waals surface area contributed by atoms with Gasteiger partial charge in [0, 0.05) is 5.02 Å². The van der Waals surface area contributed by atoms with E-state index in [1.54, 1.807) is 48.5 Å². The number of phenolic OH excluding ortho intramolecular Hbond substituents is 1. The van der Waals surface area contributed by atoms with E-state index in [1.807, 2.05) is 0 Å². The summed E-state index contributed by atoms with van der Waals surface area (Å²) in [6.07, 6.45) is 0.361. The van der Waals surface area contributed by atoms with Crippen molar-refractivity contribution in [3.63, 3.8) is 0 Å². The maximum Gasteiger partial charge on any atom is 0.323 e. The Morgan fingerprint density at radius 3 is 2.29 bits per heavy atom. The molecule has 2 aromatic rings. The number of nitrogens with two attached hydrogens (primary N) is 1. The summed E-state index contributed by atoms with van der Waals surface area (Å²) in [5, 5.41) is 9.83. The lowest BCUT2D eigenvalue weighted by atomic mass is 10.1. The topological polar surface area (TPSA) is 72.5 Å². The average Bonchev–Trinajstić information content (AvgIpc) is 2.48. The van der Waals surface area contributed by atoms with Crippen LogP contribution in [0.1, 0.15) is 11.1 Å². The molecule has 0 radical (unpaired) electrons. The third-order valence-electron chi connectivity index (χ3n) is 2.99. The van der Waals surface area contributed by atoms with Crippen LogP contribution in [0.25, 0.3) is 0 Å². The number of aromatic hydroxyl groups is 1. The van der Waals surface area contributed by atoms with E-state index in [9.17, 15) is 9.90 Å². The molecule has 0 heterocycles. The van der Waals surface area contributed by atoms with Gasteiger partial charge in [0.05, 0.1) is 0 Å². The molecule has 5 heteroatoms. The first-order valence-corrected chi connectivity index (χ1v) is 6.87. The lowest BCUT2D eigenvalue weighted by Crippen LogP contribution is -2.34. The van der Waals surface area contributed by atoms with Crippen LogP contribution in [0.5, 0.6) is 5.75 Å². The molecule has 0 aliphatic rings. The molecule has 0 unspecified atom stereocenters. The molecule has 0 fully saturated rings. The summed E-state index contributed by atoms with van der Waals surface area (Å²) in [5.74, 6) is -0.282. The Hall–Kier alpha value is -2.04. The van der Waals surface area contributed by atoms with Crippen molar-refractivity contribution < 1.29 is 14.6 Å². The summed E-state index contributed by atoms with van der Waals surface area (Å²) in [6.45, 7) is 0.166. The predicted molar refractivity (Wildman–Crippen MR) is 81.0 cm³/mol. The van der Waals surface area contributed by atoms with Gasteiger partial charge in [0.2, 0.25) is 0 Å². The minimum atomic E-state index is -0.734. The quantitative estimate of drug-likeness (QED) is 0.833. The number of ether oxygens (including phenoxy) is 1. The van der Waals surface area contributed by atoms with Gasteiger partial charge in [-0.15, -0.1) is 0 Å². The summed E-state index contributed by atoms with van der Waals surface area (Å²) in [7, 11) is 0. The molecule has 21 heavy (non-hydrogen) atoms. The van der Waals surface area contributed by atoms with E-state index in [1.165, 1.54) is 0 Å². The number of halogens is 1. The smallest absolute Gasteiger partial charge is 0.323 e. The van der Waals surface area contributed by atoms with Gasteiger partial charge in [0.25, 0.3) is 0 Å². The number of carbonyl (C=O) groups excluding carboxylic acids is 1. The third kappa shape index (κ3) is 4.77. The van der Waals surface area contributed by atoms with Gasteiger partial charge in [-0.05, 0) is 41.8 Å². The molecule has 1 atom stereocenters. The number of phenols is 1. The first kappa shape index (κ1) is 15.4. The van der Waals surface area contributed by atoms with Gasteiger partial charge < -0.3 is 15.6 Å². The molecular formula is C16H16ClNO3. The Balaban J connectivity index is 1.84. The molecule has 3 N–H and O–H groups in total. The summed E-state index contributed by atoms with van der Waals surface area (Å²) in [4.78, 5) is 11.8. The van der Waals surface area contributed by atoms with Gasteiger partial charge in [-0.3, -0.25) is 4.79 Å². The largest absolute Gasteiger partial charge is 0.508 e. The van der Waals surface area contributed by atoms with Crippen molar-refractivity contribution in [2.45, 2.75) is 19.1 Å². The van der Waals surface area contributed by atoms with Crippen molar-refractivity contribution in [1.29, 1.82) is 0 Å². The molecule has 0 saturated heterocycles.